The van der Waals surface area contributed by atoms with E-state index in [1.807, 2.05) is 24.3 Å². The SMILES string of the molecule is CC(CNC(=O)C1CC(NC(=O)OCC2c3ccccc3-c3ccccc32)C1)CC(=O)O. The highest BCUT2D eigenvalue weighted by atomic mass is 16.5. The molecular weight excluding hydrogens is 408 g/mol. The van der Waals surface area contributed by atoms with E-state index in [-0.39, 0.29) is 42.7 Å². The summed E-state index contributed by atoms with van der Waals surface area (Å²) in [4.78, 5) is 35.2. The van der Waals surface area contributed by atoms with Crippen LogP contribution in [0.3, 0.4) is 0 Å². The van der Waals surface area contributed by atoms with Gasteiger partial charge in [0.15, 0.2) is 0 Å². The molecule has 2 aliphatic rings. The van der Waals surface area contributed by atoms with Crippen LogP contribution in [0.25, 0.3) is 11.1 Å². The molecule has 0 aromatic heterocycles. The van der Waals surface area contributed by atoms with Crippen molar-refractivity contribution in [3.63, 3.8) is 0 Å². The van der Waals surface area contributed by atoms with Crippen molar-refractivity contribution in [2.45, 2.75) is 38.1 Å². The molecule has 0 aliphatic heterocycles. The number of benzene rings is 2. The molecule has 1 saturated carbocycles. The smallest absolute Gasteiger partial charge is 0.407 e. The van der Waals surface area contributed by atoms with E-state index in [1.54, 1.807) is 6.92 Å². The lowest BCUT2D eigenvalue weighted by Gasteiger charge is -2.34. The summed E-state index contributed by atoms with van der Waals surface area (Å²) in [6.45, 7) is 2.39. The Balaban J connectivity index is 1.22. The number of carboxylic acid groups (broad SMARTS) is 1. The largest absolute Gasteiger partial charge is 0.481 e. The van der Waals surface area contributed by atoms with Crippen LogP contribution in [-0.2, 0) is 14.3 Å². The zero-order valence-corrected chi connectivity index (χ0v) is 18.0. The lowest BCUT2D eigenvalue weighted by Crippen LogP contribution is -2.50. The number of hydrogen-bond acceptors (Lipinski definition) is 4. The van der Waals surface area contributed by atoms with Crippen molar-refractivity contribution in [1.82, 2.24) is 10.6 Å². The molecule has 1 fully saturated rings. The van der Waals surface area contributed by atoms with E-state index in [4.69, 9.17) is 9.84 Å². The van der Waals surface area contributed by atoms with Gasteiger partial charge in [0.2, 0.25) is 5.91 Å². The molecule has 0 radical (unpaired) electrons. The van der Waals surface area contributed by atoms with Gasteiger partial charge in [0.1, 0.15) is 6.61 Å². The van der Waals surface area contributed by atoms with Crippen LogP contribution >= 0.6 is 0 Å². The molecule has 0 bridgehead atoms. The average molecular weight is 437 g/mol. The Bertz CT molecular complexity index is 969. The Labute approximate surface area is 187 Å². The third-order valence-corrected chi connectivity index (χ3v) is 6.32. The molecule has 3 N–H and O–H groups in total. The molecule has 4 rings (SSSR count). The van der Waals surface area contributed by atoms with Crippen LogP contribution in [0.1, 0.15) is 43.2 Å². The molecular formula is C25H28N2O5. The number of carbonyl (C=O) groups excluding carboxylic acids is 2. The van der Waals surface area contributed by atoms with Gasteiger partial charge >= 0.3 is 12.1 Å². The summed E-state index contributed by atoms with van der Waals surface area (Å²) >= 11 is 0. The molecule has 1 unspecified atom stereocenters. The summed E-state index contributed by atoms with van der Waals surface area (Å²) in [5, 5.41) is 14.4. The van der Waals surface area contributed by atoms with Crippen molar-refractivity contribution in [2.24, 2.45) is 11.8 Å². The number of carboxylic acids is 1. The van der Waals surface area contributed by atoms with Gasteiger partial charge in [-0.05, 0) is 41.0 Å². The molecule has 7 nitrogen and oxygen atoms in total. The van der Waals surface area contributed by atoms with Crippen LogP contribution in [0, 0.1) is 11.8 Å². The molecule has 2 aliphatic carbocycles. The quantitative estimate of drug-likeness (QED) is 0.587. The van der Waals surface area contributed by atoms with Crippen molar-refractivity contribution in [1.29, 1.82) is 0 Å². The minimum atomic E-state index is -0.872. The fourth-order valence-electron chi connectivity index (χ4n) is 4.55. The standard InChI is InChI=1S/C25H28N2O5/c1-15(10-23(28)29)13-26-24(30)16-11-17(12-16)27-25(31)32-14-22-20-8-4-2-6-18(20)19-7-3-5-9-21(19)22/h2-9,15-17,22H,10-14H2,1H3,(H,26,30)(H,27,31)(H,28,29). The highest BCUT2D eigenvalue weighted by Gasteiger charge is 2.36. The van der Waals surface area contributed by atoms with Gasteiger partial charge in [-0.3, -0.25) is 9.59 Å². The highest BCUT2D eigenvalue weighted by molar-refractivity contribution is 5.81. The van der Waals surface area contributed by atoms with Crippen LogP contribution in [-0.4, -0.2) is 42.3 Å². The Morgan fingerprint density at radius 1 is 1.03 bits per heavy atom. The lowest BCUT2D eigenvalue weighted by molar-refractivity contribution is -0.138. The lowest BCUT2D eigenvalue weighted by atomic mass is 9.79. The molecule has 2 aromatic rings. The van der Waals surface area contributed by atoms with E-state index in [2.05, 4.69) is 34.9 Å². The number of aliphatic carboxylic acids is 1. The van der Waals surface area contributed by atoms with Crippen molar-refractivity contribution < 1.29 is 24.2 Å². The Kier molecular flexibility index (Phi) is 6.44. The Hall–Kier alpha value is -3.35. The summed E-state index contributed by atoms with van der Waals surface area (Å²) < 4.78 is 5.55. The zero-order chi connectivity index (χ0) is 22.7. The molecule has 0 spiro atoms. The van der Waals surface area contributed by atoms with Gasteiger partial charge < -0.3 is 20.5 Å². The summed E-state index contributed by atoms with van der Waals surface area (Å²) in [6.07, 6.45) is 0.676. The maximum atomic E-state index is 12.3. The van der Waals surface area contributed by atoms with Crippen LogP contribution in [0.4, 0.5) is 4.79 Å². The predicted octanol–water partition coefficient (Wildman–Crippen LogP) is 3.53. The van der Waals surface area contributed by atoms with Crippen LogP contribution in [0.5, 0.6) is 0 Å². The first-order valence-corrected chi connectivity index (χ1v) is 11.0. The molecule has 32 heavy (non-hydrogen) atoms. The molecule has 2 aromatic carbocycles. The first-order chi connectivity index (χ1) is 15.4. The maximum absolute atomic E-state index is 12.3. The molecule has 0 saturated heterocycles. The molecule has 2 amide bonds. The second-order valence-electron chi connectivity index (χ2n) is 8.78. The van der Waals surface area contributed by atoms with Crippen LogP contribution < -0.4 is 10.6 Å². The number of rotatable bonds is 8. The van der Waals surface area contributed by atoms with Crippen molar-refractivity contribution in [3.8, 4) is 11.1 Å². The third-order valence-electron chi connectivity index (χ3n) is 6.32. The number of alkyl carbamates (subject to hydrolysis) is 1. The van der Waals surface area contributed by atoms with E-state index in [0.717, 1.165) is 0 Å². The van der Waals surface area contributed by atoms with E-state index in [0.29, 0.717) is 19.4 Å². The van der Waals surface area contributed by atoms with Gasteiger partial charge in [-0.15, -0.1) is 0 Å². The van der Waals surface area contributed by atoms with Crippen LogP contribution in [0.2, 0.25) is 0 Å². The van der Waals surface area contributed by atoms with Crippen molar-refractivity contribution in [3.05, 3.63) is 59.7 Å². The fourth-order valence-corrected chi connectivity index (χ4v) is 4.55. The molecule has 1 atom stereocenters. The van der Waals surface area contributed by atoms with Gasteiger partial charge in [-0.1, -0.05) is 55.5 Å². The second-order valence-corrected chi connectivity index (χ2v) is 8.78. The molecule has 7 heteroatoms. The first-order valence-electron chi connectivity index (χ1n) is 11.0. The minimum absolute atomic E-state index is 0.0147. The fraction of sp³-hybridized carbons (Fsp3) is 0.400. The number of carbonyl (C=O) groups is 3. The van der Waals surface area contributed by atoms with Gasteiger partial charge in [0, 0.05) is 30.8 Å². The van der Waals surface area contributed by atoms with E-state index in [9.17, 15) is 14.4 Å². The maximum Gasteiger partial charge on any atom is 0.407 e. The molecule has 168 valence electrons. The Morgan fingerprint density at radius 3 is 2.22 bits per heavy atom. The predicted molar refractivity (Wildman–Crippen MR) is 119 cm³/mol. The number of ether oxygens (including phenoxy) is 1. The summed E-state index contributed by atoms with van der Waals surface area (Å²) in [6, 6.07) is 16.3. The van der Waals surface area contributed by atoms with Gasteiger partial charge in [-0.2, -0.15) is 0 Å². The van der Waals surface area contributed by atoms with Gasteiger partial charge in [0.05, 0.1) is 0 Å². The van der Waals surface area contributed by atoms with Gasteiger partial charge in [-0.25, -0.2) is 4.79 Å². The Morgan fingerprint density at radius 2 is 1.62 bits per heavy atom. The van der Waals surface area contributed by atoms with Crippen molar-refractivity contribution in [2.75, 3.05) is 13.2 Å². The topological polar surface area (TPSA) is 105 Å². The number of nitrogens with one attached hydrogen (secondary N) is 2. The van der Waals surface area contributed by atoms with Gasteiger partial charge in [0.25, 0.3) is 0 Å². The summed E-state index contributed by atoms with van der Waals surface area (Å²) in [5.74, 6) is -1.23. The summed E-state index contributed by atoms with van der Waals surface area (Å²) in [7, 11) is 0. The average Bonchev–Trinajstić information content (AvgIpc) is 3.06. The van der Waals surface area contributed by atoms with E-state index >= 15 is 0 Å². The summed E-state index contributed by atoms with van der Waals surface area (Å²) in [5.41, 5.74) is 4.70. The third kappa shape index (κ3) is 4.77. The monoisotopic (exact) mass is 436 g/mol. The first kappa shape index (κ1) is 21.9. The molecule has 0 heterocycles. The minimum Gasteiger partial charge on any atom is -0.481 e. The second kappa shape index (κ2) is 9.42. The van der Waals surface area contributed by atoms with E-state index in [1.165, 1.54) is 22.3 Å². The number of amides is 2. The highest BCUT2D eigenvalue weighted by Crippen LogP contribution is 2.44. The zero-order valence-electron chi connectivity index (χ0n) is 18.0. The number of hydrogen-bond donors (Lipinski definition) is 3. The van der Waals surface area contributed by atoms with Crippen LogP contribution in [0.15, 0.2) is 48.5 Å². The number of fused-ring (bicyclic) bond motifs is 3. The normalized spacial score (nSPS) is 19.8. The van der Waals surface area contributed by atoms with Crippen molar-refractivity contribution >= 4 is 18.0 Å². The van der Waals surface area contributed by atoms with E-state index < -0.39 is 12.1 Å².